The van der Waals surface area contributed by atoms with Gasteiger partial charge in [-0.15, -0.1) is 10.0 Å². The van der Waals surface area contributed by atoms with Crippen molar-refractivity contribution in [1.29, 1.82) is 0 Å². The lowest BCUT2D eigenvalue weighted by Gasteiger charge is -2.38. The molecule has 0 spiro atoms. The molecule has 2 heterocycles. The summed E-state index contributed by atoms with van der Waals surface area (Å²) < 4.78 is 0. The Hall–Kier alpha value is -2.84. The smallest absolute Gasteiger partial charge is 0.0843 e. The monoisotopic (exact) mass is 339 g/mol. The van der Waals surface area contributed by atoms with Crippen molar-refractivity contribution in [2.45, 2.75) is 19.6 Å². The molecule has 0 saturated heterocycles. The van der Waals surface area contributed by atoms with Gasteiger partial charge in [-0.25, -0.2) is 0 Å². The Morgan fingerprint density at radius 3 is 1.76 bits per heavy atom. The topological polar surface area (TPSA) is 12.9 Å². The summed E-state index contributed by atoms with van der Waals surface area (Å²) in [7, 11) is -1.50. The van der Waals surface area contributed by atoms with E-state index in [-0.39, 0.29) is 0 Å². The molecular formula is C23H17NS. The van der Waals surface area contributed by atoms with E-state index in [0.717, 1.165) is 5.69 Å². The number of benzene rings is 3. The maximum absolute atomic E-state index is 4.77. The number of hydrogen-bond acceptors (Lipinski definition) is 1. The first-order valence-electron chi connectivity index (χ1n) is 8.40. The third-order valence-electron chi connectivity index (χ3n) is 4.77. The van der Waals surface area contributed by atoms with E-state index in [9.17, 15) is 0 Å². The molecule has 0 atom stereocenters. The summed E-state index contributed by atoms with van der Waals surface area (Å²) in [5.74, 6) is 0. The summed E-state index contributed by atoms with van der Waals surface area (Å²) in [6.45, 7) is 0. The van der Waals surface area contributed by atoms with E-state index in [2.05, 4.69) is 97.1 Å². The summed E-state index contributed by atoms with van der Waals surface area (Å²) in [6, 6.07) is 34.9. The highest BCUT2D eigenvalue weighted by Gasteiger charge is 2.42. The van der Waals surface area contributed by atoms with Crippen LogP contribution in [0.5, 0.6) is 0 Å². The fourth-order valence-corrected chi connectivity index (χ4v) is 7.95. The van der Waals surface area contributed by atoms with E-state index in [1.807, 2.05) is 6.20 Å². The lowest BCUT2D eigenvalue weighted by atomic mass is 10.1. The van der Waals surface area contributed by atoms with Crippen molar-refractivity contribution in [3.05, 3.63) is 103 Å². The molecular weight excluding hydrogens is 322 g/mol. The van der Waals surface area contributed by atoms with Crippen molar-refractivity contribution < 1.29 is 0 Å². The van der Waals surface area contributed by atoms with Gasteiger partial charge in [0.05, 0.1) is 5.69 Å². The van der Waals surface area contributed by atoms with Crippen molar-refractivity contribution in [1.82, 2.24) is 4.98 Å². The molecule has 0 amide bonds. The second-order valence-corrected chi connectivity index (χ2v) is 9.13. The summed E-state index contributed by atoms with van der Waals surface area (Å²) >= 11 is 0. The van der Waals surface area contributed by atoms with Gasteiger partial charge in [0.1, 0.15) is 0 Å². The molecule has 0 unspecified atom stereocenters. The molecule has 0 fully saturated rings. The van der Waals surface area contributed by atoms with Crippen LogP contribution in [0.1, 0.15) is 0 Å². The van der Waals surface area contributed by atoms with E-state index in [4.69, 9.17) is 4.98 Å². The van der Waals surface area contributed by atoms with Crippen molar-refractivity contribution >= 4 is 10.0 Å². The lowest BCUT2D eigenvalue weighted by molar-refractivity contribution is 1.23. The maximum Gasteiger partial charge on any atom is 0.0843 e. The Labute approximate surface area is 149 Å². The normalized spacial score (nSPS) is 15.2. The molecule has 1 aromatic heterocycles. The SMILES string of the molecule is c1ccc(S2(c3ccccc3)c3ccccc3-c3ncccc32)cc1. The van der Waals surface area contributed by atoms with Crippen molar-refractivity contribution in [3.63, 3.8) is 0 Å². The summed E-state index contributed by atoms with van der Waals surface area (Å²) in [4.78, 5) is 10.2. The first-order chi connectivity index (χ1) is 12.4. The molecule has 1 aliphatic rings. The van der Waals surface area contributed by atoms with Gasteiger partial charge < -0.3 is 0 Å². The van der Waals surface area contributed by atoms with Crippen LogP contribution in [0.25, 0.3) is 11.3 Å². The third-order valence-corrected chi connectivity index (χ3v) is 8.73. The minimum atomic E-state index is -1.50. The highest BCUT2D eigenvalue weighted by Crippen LogP contribution is 2.79. The van der Waals surface area contributed by atoms with Gasteiger partial charge in [-0.2, -0.15) is 0 Å². The van der Waals surface area contributed by atoms with Crippen molar-refractivity contribution in [2.24, 2.45) is 0 Å². The van der Waals surface area contributed by atoms with Gasteiger partial charge in [0, 0.05) is 31.3 Å². The Morgan fingerprint density at radius 2 is 1.08 bits per heavy atom. The molecule has 5 rings (SSSR count). The molecule has 0 saturated carbocycles. The third kappa shape index (κ3) is 1.95. The summed E-state index contributed by atoms with van der Waals surface area (Å²) in [5, 5.41) is 0. The van der Waals surface area contributed by atoms with Gasteiger partial charge in [-0.1, -0.05) is 54.6 Å². The summed E-state index contributed by atoms with van der Waals surface area (Å²) in [5.41, 5.74) is 2.39. The quantitative estimate of drug-likeness (QED) is 0.362. The van der Waals surface area contributed by atoms with E-state index in [1.165, 1.54) is 25.1 Å². The Morgan fingerprint density at radius 1 is 0.520 bits per heavy atom. The highest BCUT2D eigenvalue weighted by atomic mass is 32.3. The van der Waals surface area contributed by atoms with Gasteiger partial charge in [0.25, 0.3) is 0 Å². The number of hydrogen-bond donors (Lipinski definition) is 0. The van der Waals surface area contributed by atoms with Crippen LogP contribution in [-0.4, -0.2) is 4.98 Å². The molecule has 25 heavy (non-hydrogen) atoms. The average Bonchev–Trinajstić information content (AvgIpc) is 3.01. The minimum Gasteiger partial charge on any atom is -0.255 e. The Balaban J connectivity index is 1.98. The number of aromatic nitrogens is 1. The van der Waals surface area contributed by atoms with Crippen LogP contribution < -0.4 is 0 Å². The molecule has 120 valence electrons. The molecule has 0 radical (unpaired) electrons. The van der Waals surface area contributed by atoms with Crippen molar-refractivity contribution in [2.75, 3.05) is 0 Å². The Bertz CT molecular complexity index is 955. The second-order valence-electron chi connectivity index (χ2n) is 6.08. The number of pyridine rings is 1. The van der Waals surface area contributed by atoms with Crippen LogP contribution in [-0.2, 0) is 0 Å². The molecule has 4 aromatic rings. The zero-order valence-electron chi connectivity index (χ0n) is 13.7. The average molecular weight is 339 g/mol. The molecule has 0 bridgehead atoms. The van der Waals surface area contributed by atoms with Crippen LogP contribution in [0.4, 0.5) is 0 Å². The molecule has 0 N–H and O–H groups in total. The standard InChI is InChI=1S/C23H17NS/c1-3-10-18(11-4-1)25(19-12-5-2-6-13-19)21-15-8-7-14-20(21)23-22(25)16-9-17-24-23/h1-17H. The van der Waals surface area contributed by atoms with Gasteiger partial charge in [0.2, 0.25) is 0 Å². The van der Waals surface area contributed by atoms with Gasteiger partial charge >= 0.3 is 0 Å². The van der Waals surface area contributed by atoms with E-state index in [0.29, 0.717) is 0 Å². The number of fused-ring (bicyclic) bond motifs is 3. The predicted octanol–water partition coefficient (Wildman–Crippen LogP) is 6.40. The van der Waals surface area contributed by atoms with E-state index < -0.39 is 10.0 Å². The van der Waals surface area contributed by atoms with E-state index >= 15 is 0 Å². The molecule has 0 aliphatic carbocycles. The number of nitrogens with zero attached hydrogens (tertiary/aromatic N) is 1. The zero-order chi connectivity index (χ0) is 16.7. The van der Waals surface area contributed by atoms with Crippen LogP contribution >= 0.6 is 10.0 Å². The first kappa shape index (κ1) is 14.5. The second kappa shape index (κ2) is 5.61. The van der Waals surface area contributed by atoms with Gasteiger partial charge in [-0.3, -0.25) is 4.98 Å². The van der Waals surface area contributed by atoms with Crippen LogP contribution in [0.3, 0.4) is 0 Å². The largest absolute Gasteiger partial charge is 0.255 e. The van der Waals surface area contributed by atoms with Crippen molar-refractivity contribution in [3.8, 4) is 11.3 Å². The fourth-order valence-electron chi connectivity index (χ4n) is 3.78. The maximum atomic E-state index is 4.77. The number of rotatable bonds is 2. The van der Waals surface area contributed by atoms with Crippen LogP contribution in [0.15, 0.2) is 123 Å². The zero-order valence-corrected chi connectivity index (χ0v) is 14.5. The van der Waals surface area contributed by atoms with E-state index in [1.54, 1.807) is 0 Å². The van der Waals surface area contributed by atoms with Crippen LogP contribution in [0.2, 0.25) is 0 Å². The fraction of sp³-hybridized carbons (Fsp3) is 0. The molecule has 1 nitrogen and oxygen atoms in total. The molecule has 3 aromatic carbocycles. The highest BCUT2D eigenvalue weighted by molar-refractivity contribution is 8.34. The predicted molar refractivity (Wildman–Crippen MR) is 103 cm³/mol. The minimum absolute atomic E-state index is 1.13. The summed E-state index contributed by atoms with van der Waals surface area (Å²) in [6.07, 6.45) is 1.90. The molecule has 2 heteroatoms. The molecule has 1 aliphatic heterocycles. The lowest BCUT2D eigenvalue weighted by Crippen LogP contribution is -2.01. The van der Waals surface area contributed by atoms with Crippen LogP contribution in [0, 0.1) is 0 Å². The Kier molecular flexibility index (Phi) is 3.25. The van der Waals surface area contributed by atoms with Gasteiger partial charge in [0.15, 0.2) is 0 Å². The first-order valence-corrected chi connectivity index (χ1v) is 10.0. The van der Waals surface area contributed by atoms with Gasteiger partial charge in [-0.05, 0) is 42.5 Å².